The van der Waals surface area contributed by atoms with Gasteiger partial charge in [-0.25, -0.2) is 4.68 Å². The number of aryl methyl sites for hydroxylation is 2. The first-order chi connectivity index (χ1) is 15.1. The van der Waals surface area contributed by atoms with Crippen molar-refractivity contribution in [1.82, 2.24) is 34.8 Å². The van der Waals surface area contributed by atoms with E-state index >= 15 is 0 Å². The van der Waals surface area contributed by atoms with Crippen LogP contribution in [0.5, 0.6) is 0 Å². The second-order valence-electron chi connectivity index (χ2n) is 7.63. The molecular formula is C22H22N8O. The van der Waals surface area contributed by atoms with Gasteiger partial charge in [0.05, 0.1) is 16.7 Å². The summed E-state index contributed by atoms with van der Waals surface area (Å²) in [5.74, 6) is 1.51. The van der Waals surface area contributed by atoms with E-state index in [2.05, 4.69) is 30.2 Å². The van der Waals surface area contributed by atoms with Gasteiger partial charge in [-0.1, -0.05) is 0 Å². The summed E-state index contributed by atoms with van der Waals surface area (Å²) in [7, 11) is 0. The topological polar surface area (TPSA) is 92.9 Å². The minimum absolute atomic E-state index is 0.0122. The fraction of sp³-hybridized carbons (Fsp3) is 0.273. The van der Waals surface area contributed by atoms with Crippen LogP contribution in [0.2, 0.25) is 0 Å². The maximum atomic E-state index is 12.9. The summed E-state index contributed by atoms with van der Waals surface area (Å²) >= 11 is 0. The van der Waals surface area contributed by atoms with E-state index in [4.69, 9.17) is 0 Å². The lowest BCUT2D eigenvalue weighted by Gasteiger charge is -2.35. The van der Waals surface area contributed by atoms with Gasteiger partial charge in [-0.15, -0.1) is 10.2 Å². The molecule has 9 heteroatoms. The molecule has 1 aromatic carbocycles. The summed E-state index contributed by atoms with van der Waals surface area (Å²) < 4.78 is 1.79. The molecule has 0 aliphatic carbocycles. The van der Waals surface area contributed by atoms with Gasteiger partial charge in [-0.3, -0.25) is 14.8 Å². The number of aromatic nitrogens is 6. The highest BCUT2D eigenvalue weighted by atomic mass is 16.2. The average Bonchev–Trinajstić information content (AvgIpc) is 3.16. The number of amides is 1. The smallest absolute Gasteiger partial charge is 0.254 e. The zero-order chi connectivity index (χ0) is 21.4. The number of carbonyl (C=O) groups excluding carboxylic acids is 1. The largest absolute Gasteiger partial charge is 0.352 e. The van der Waals surface area contributed by atoms with E-state index in [0.717, 1.165) is 28.2 Å². The van der Waals surface area contributed by atoms with Crippen LogP contribution in [0.4, 0.5) is 5.82 Å². The summed E-state index contributed by atoms with van der Waals surface area (Å²) in [6.45, 7) is 6.60. The van der Waals surface area contributed by atoms with Gasteiger partial charge in [-0.2, -0.15) is 5.10 Å². The number of piperazine rings is 1. The van der Waals surface area contributed by atoms with Crippen molar-refractivity contribution in [2.24, 2.45) is 0 Å². The van der Waals surface area contributed by atoms with Crippen LogP contribution in [0.15, 0.2) is 48.8 Å². The van der Waals surface area contributed by atoms with Crippen molar-refractivity contribution in [2.45, 2.75) is 13.8 Å². The number of rotatable bonds is 3. The van der Waals surface area contributed by atoms with Crippen molar-refractivity contribution in [3.8, 4) is 5.82 Å². The minimum Gasteiger partial charge on any atom is -0.352 e. The molecule has 31 heavy (non-hydrogen) atoms. The summed E-state index contributed by atoms with van der Waals surface area (Å²) in [6, 6.07) is 11.3. The molecule has 156 valence electrons. The van der Waals surface area contributed by atoms with Gasteiger partial charge in [0.1, 0.15) is 0 Å². The van der Waals surface area contributed by atoms with Crippen molar-refractivity contribution in [3.05, 3.63) is 65.7 Å². The molecular weight excluding hydrogens is 392 g/mol. The molecule has 0 saturated carbocycles. The van der Waals surface area contributed by atoms with Crippen LogP contribution in [0.3, 0.4) is 0 Å². The third-order valence-corrected chi connectivity index (χ3v) is 5.47. The van der Waals surface area contributed by atoms with Crippen LogP contribution in [0, 0.1) is 13.8 Å². The second-order valence-corrected chi connectivity index (χ2v) is 7.63. The number of fused-ring (bicyclic) bond motifs is 1. The highest BCUT2D eigenvalue weighted by Crippen LogP contribution is 2.18. The van der Waals surface area contributed by atoms with Gasteiger partial charge >= 0.3 is 0 Å². The first-order valence-corrected chi connectivity index (χ1v) is 10.2. The lowest BCUT2D eigenvalue weighted by molar-refractivity contribution is 0.0746. The second kappa shape index (κ2) is 7.75. The normalized spacial score (nSPS) is 14.3. The lowest BCUT2D eigenvalue weighted by atomic mass is 10.1. The molecule has 0 unspecified atom stereocenters. The Morgan fingerprint density at radius 3 is 2.23 bits per heavy atom. The monoisotopic (exact) mass is 414 g/mol. The highest BCUT2D eigenvalue weighted by Gasteiger charge is 2.23. The molecule has 3 aromatic heterocycles. The van der Waals surface area contributed by atoms with Crippen LogP contribution < -0.4 is 4.90 Å². The van der Waals surface area contributed by atoms with Crippen molar-refractivity contribution >= 4 is 22.8 Å². The van der Waals surface area contributed by atoms with Crippen LogP contribution in [-0.4, -0.2) is 66.9 Å². The quantitative estimate of drug-likeness (QED) is 0.507. The minimum atomic E-state index is 0.0122. The van der Waals surface area contributed by atoms with E-state index in [0.29, 0.717) is 37.6 Å². The highest BCUT2D eigenvalue weighted by molar-refractivity contribution is 5.97. The number of hydrogen-bond acceptors (Lipinski definition) is 7. The van der Waals surface area contributed by atoms with E-state index < -0.39 is 0 Å². The molecule has 1 saturated heterocycles. The van der Waals surface area contributed by atoms with E-state index in [1.54, 1.807) is 23.1 Å². The predicted molar refractivity (Wildman–Crippen MR) is 116 cm³/mol. The first kappa shape index (κ1) is 19.1. The van der Waals surface area contributed by atoms with Gasteiger partial charge in [0.15, 0.2) is 11.6 Å². The summed E-state index contributed by atoms with van der Waals surface area (Å²) in [4.78, 5) is 25.5. The summed E-state index contributed by atoms with van der Waals surface area (Å²) in [5.41, 5.74) is 4.11. The molecule has 0 N–H and O–H groups in total. The van der Waals surface area contributed by atoms with Crippen molar-refractivity contribution in [3.63, 3.8) is 0 Å². The number of benzene rings is 1. The van der Waals surface area contributed by atoms with Crippen LogP contribution in [-0.2, 0) is 0 Å². The Labute approximate surface area is 179 Å². The molecule has 0 atom stereocenters. The van der Waals surface area contributed by atoms with E-state index in [1.165, 1.54) is 0 Å². The van der Waals surface area contributed by atoms with Gasteiger partial charge < -0.3 is 9.80 Å². The standard InChI is InChI=1S/C22H22N8O/c1-15-13-16(2)30(27-15)21-6-5-20(25-26-21)28-9-11-29(12-10-28)22(31)17-3-4-18-19(14-17)24-8-7-23-18/h3-8,13-14H,9-12H2,1-2H3. The number of carbonyl (C=O) groups is 1. The SMILES string of the molecule is Cc1cc(C)n(-c2ccc(N3CCN(C(=O)c4ccc5nccnc5c4)CC3)nn2)n1. The fourth-order valence-corrected chi connectivity index (χ4v) is 3.88. The van der Waals surface area contributed by atoms with Crippen LogP contribution in [0.25, 0.3) is 16.9 Å². The van der Waals surface area contributed by atoms with Crippen LogP contribution >= 0.6 is 0 Å². The average molecular weight is 414 g/mol. The molecule has 1 aliphatic rings. The van der Waals surface area contributed by atoms with Gasteiger partial charge in [0, 0.05) is 49.8 Å². The summed E-state index contributed by atoms with van der Waals surface area (Å²) in [5, 5.41) is 13.2. The zero-order valence-electron chi connectivity index (χ0n) is 17.4. The zero-order valence-corrected chi connectivity index (χ0v) is 17.4. The van der Waals surface area contributed by atoms with E-state index in [1.807, 2.05) is 49.1 Å². The molecule has 1 fully saturated rings. The van der Waals surface area contributed by atoms with Crippen molar-refractivity contribution in [1.29, 1.82) is 0 Å². The van der Waals surface area contributed by atoms with Gasteiger partial charge in [0.2, 0.25) is 0 Å². The predicted octanol–water partition coefficient (Wildman–Crippen LogP) is 2.18. The Balaban J connectivity index is 1.25. The maximum Gasteiger partial charge on any atom is 0.254 e. The Morgan fingerprint density at radius 2 is 1.55 bits per heavy atom. The molecule has 1 aliphatic heterocycles. The number of anilines is 1. The van der Waals surface area contributed by atoms with Crippen molar-refractivity contribution < 1.29 is 4.79 Å². The molecule has 5 rings (SSSR count). The molecule has 0 radical (unpaired) electrons. The number of hydrogen-bond donors (Lipinski definition) is 0. The van der Waals surface area contributed by atoms with Crippen molar-refractivity contribution in [2.75, 3.05) is 31.1 Å². The third-order valence-electron chi connectivity index (χ3n) is 5.47. The molecule has 9 nitrogen and oxygen atoms in total. The Morgan fingerprint density at radius 1 is 0.839 bits per heavy atom. The molecule has 0 spiro atoms. The molecule has 0 bridgehead atoms. The molecule has 4 heterocycles. The first-order valence-electron chi connectivity index (χ1n) is 10.2. The lowest BCUT2D eigenvalue weighted by Crippen LogP contribution is -2.49. The van der Waals surface area contributed by atoms with Gasteiger partial charge in [0.25, 0.3) is 5.91 Å². The van der Waals surface area contributed by atoms with Crippen LogP contribution in [0.1, 0.15) is 21.7 Å². The summed E-state index contributed by atoms with van der Waals surface area (Å²) in [6.07, 6.45) is 3.28. The Kier molecular flexibility index (Phi) is 4.78. The van der Waals surface area contributed by atoms with E-state index in [-0.39, 0.29) is 5.91 Å². The Bertz CT molecular complexity index is 1240. The fourth-order valence-electron chi connectivity index (χ4n) is 3.88. The Hall–Kier alpha value is -3.88. The number of nitrogens with zero attached hydrogens (tertiary/aromatic N) is 8. The maximum absolute atomic E-state index is 12.9. The van der Waals surface area contributed by atoms with E-state index in [9.17, 15) is 4.79 Å². The molecule has 4 aromatic rings. The van der Waals surface area contributed by atoms with Gasteiger partial charge in [-0.05, 0) is 50.2 Å². The third kappa shape index (κ3) is 3.70. The molecule has 1 amide bonds.